The Hall–Kier alpha value is -5.44. The summed E-state index contributed by atoms with van der Waals surface area (Å²) in [6, 6.07) is 22.1. The highest BCUT2D eigenvalue weighted by molar-refractivity contribution is 7.21. The van der Waals surface area contributed by atoms with E-state index in [1.807, 2.05) is 42.5 Å². The summed E-state index contributed by atoms with van der Waals surface area (Å²) in [6.07, 6.45) is 3.78. The molecule has 14 heteroatoms. The molecular weight excluding hydrogens is 745 g/mol. The van der Waals surface area contributed by atoms with Gasteiger partial charge in [-0.05, 0) is 78.9 Å². The van der Waals surface area contributed by atoms with E-state index in [-0.39, 0.29) is 11.8 Å². The van der Waals surface area contributed by atoms with Crippen LogP contribution in [-0.4, -0.2) is 74.8 Å². The number of rotatable bonds is 16. The van der Waals surface area contributed by atoms with Gasteiger partial charge in [0.15, 0.2) is 11.5 Å². The number of benzene rings is 2. The molecule has 1 saturated heterocycles. The number of thiophene rings is 2. The predicted molar refractivity (Wildman–Crippen MR) is 228 cm³/mol. The number of piperazine rings is 1. The number of carbonyl (C=O) groups is 2. The topological polar surface area (TPSA) is 170 Å². The summed E-state index contributed by atoms with van der Waals surface area (Å²) in [7, 11) is 1.61. The van der Waals surface area contributed by atoms with Gasteiger partial charge in [0.25, 0.3) is 11.8 Å². The zero-order valence-electron chi connectivity index (χ0n) is 31.8. The highest BCUT2D eigenvalue weighted by atomic mass is 32.1. The first-order chi connectivity index (χ1) is 27.3. The van der Waals surface area contributed by atoms with Crippen molar-refractivity contribution >= 4 is 72.0 Å². The van der Waals surface area contributed by atoms with Crippen molar-refractivity contribution in [2.75, 3.05) is 69.4 Å². The molecule has 1 fully saturated rings. The van der Waals surface area contributed by atoms with E-state index in [4.69, 9.17) is 25.9 Å². The van der Waals surface area contributed by atoms with Gasteiger partial charge in [-0.2, -0.15) is 0 Å². The van der Waals surface area contributed by atoms with Crippen LogP contribution < -0.4 is 41.8 Å². The summed E-state index contributed by atoms with van der Waals surface area (Å²) >= 11 is 2.63. The zero-order chi connectivity index (χ0) is 39.0. The number of pyridine rings is 2. The van der Waals surface area contributed by atoms with E-state index < -0.39 is 0 Å². The fourth-order valence-electron chi connectivity index (χ4n) is 6.79. The molecule has 7 N–H and O–H groups in total. The lowest BCUT2D eigenvalue weighted by molar-refractivity contribution is 0.0950. The Morgan fingerprint density at radius 2 is 1.32 bits per heavy atom. The van der Waals surface area contributed by atoms with E-state index >= 15 is 0 Å². The zero-order valence-corrected chi connectivity index (χ0v) is 33.4. The molecule has 0 radical (unpaired) electrons. The lowest BCUT2D eigenvalue weighted by atomic mass is 10.1. The maximum atomic E-state index is 13.1. The van der Waals surface area contributed by atoms with Crippen LogP contribution in [0.4, 0.5) is 17.1 Å². The summed E-state index contributed by atoms with van der Waals surface area (Å²) in [4.78, 5) is 40.5. The minimum Gasteiger partial charge on any atom is -0.493 e. The molecule has 0 unspecified atom stereocenters. The fourth-order valence-corrected chi connectivity index (χ4v) is 8.85. The fraction of sp³-hybridized carbons (Fsp3) is 0.333. The van der Waals surface area contributed by atoms with Crippen molar-refractivity contribution in [3.63, 3.8) is 0 Å². The predicted octanol–water partition coefficient (Wildman–Crippen LogP) is 6.01. The van der Waals surface area contributed by atoms with Gasteiger partial charge in [0.1, 0.15) is 19.4 Å². The standard InChI is InChI=1S/C42H48N8O4S2/c1-3-4-28-8-12-31-35(43)38(55-41(31)48-28)40(52)47-19-16-27-7-14-33(34(25-27)53-2)54-24-17-29-9-13-32-36(44)37(56-42(32)49-29)39(51)46-18-15-26-5-10-30(11-6-26)50-22-20-45-21-23-50/h5-14,25,45H,3-4,15-24,43-44H2,1-2H3,(H,46,51)(H,47,52). The Kier molecular flexibility index (Phi) is 12.5. The number of anilines is 3. The van der Waals surface area contributed by atoms with Gasteiger partial charge < -0.3 is 41.8 Å². The summed E-state index contributed by atoms with van der Waals surface area (Å²) in [6.45, 7) is 7.46. The smallest absolute Gasteiger partial charge is 0.263 e. The summed E-state index contributed by atoms with van der Waals surface area (Å²) < 4.78 is 11.7. The highest BCUT2D eigenvalue weighted by Gasteiger charge is 2.19. The Bertz CT molecular complexity index is 2320. The first kappa shape index (κ1) is 38.8. The van der Waals surface area contributed by atoms with Crippen molar-refractivity contribution in [3.05, 3.63) is 99.0 Å². The van der Waals surface area contributed by atoms with E-state index in [1.54, 1.807) is 7.11 Å². The number of aryl methyl sites for hydroxylation is 1. The number of fused-ring (bicyclic) bond motifs is 2. The monoisotopic (exact) mass is 792 g/mol. The second-order valence-electron chi connectivity index (χ2n) is 13.7. The number of ether oxygens (including phenoxy) is 2. The minimum atomic E-state index is -0.204. The van der Waals surface area contributed by atoms with Crippen LogP contribution in [0.25, 0.3) is 20.4 Å². The maximum Gasteiger partial charge on any atom is 0.263 e. The molecule has 6 aromatic rings. The van der Waals surface area contributed by atoms with Crippen molar-refractivity contribution in [1.82, 2.24) is 25.9 Å². The molecule has 0 aliphatic carbocycles. The Labute approximate surface area is 334 Å². The number of nitrogens with one attached hydrogen (secondary N) is 3. The molecule has 4 aromatic heterocycles. The molecule has 292 valence electrons. The lowest BCUT2D eigenvalue weighted by Crippen LogP contribution is -2.43. The first-order valence-electron chi connectivity index (χ1n) is 19.1. The molecule has 1 aliphatic heterocycles. The van der Waals surface area contributed by atoms with Crippen molar-refractivity contribution in [1.29, 1.82) is 0 Å². The Morgan fingerprint density at radius 1 is 0.750 bits per heavy atom. The molecular formula is C42H48N8O4S2. The van der Waals surface area contributed by atoms with Gasteiger partial charge in [0, 0.05) is 73.5 Å². The Morgan fingerprint density at radius 3 is 1.91 bits per heavy atom. The molecule has 1 aliphatic rings. The van der Waals surface area contributed by atoms with E-state index in [9.17, 15) is 9.59 Å². The van der Waals surface area contributed by atoms with Crippen LogP contribution in [0.5, 0.6) is 11.5 Å². The quantitative estimate of drug-likeness (QED) is 0.0783. The van der Waals surface area contributed by atoms with Gasteiger partial charge in [0.2, 0.25) is 0 Å². The number of methoxy groups -OCH3 is 1. The second-order valence-corrected chi connectivity index (χ2v) is 15.7. The van der Waals surface area contributed by atoms with Gasteiger partial charge in [-0.15, -0.1) is 22.7 Å². The van der Waals surface area contributed by atoms with Crippen LogP contribution in [0, 0.1) is 0 Å². The number of carbonyl (C=O) groups excluding carboxylic acids is 2. The number of hydrogen-bond acceptors (Lipinski definition) is 12. The van der Waals surface area contributed by atoms with Crippen molar-refractivity contribution in [2.24, 2.45) is 0 Å². The van der Waals surface area contributed by atoms with Gasteiger partial charge in [0.05, 0.1) is 25.1 Å². The van der Waals surface area contributed by atoms with Crippen molar-refractivity contribution in [3.8, 4) is 11.5 Å². The molecule has 0 atom stereocenters. The molecule has 0 bridgehead atoms. The summed E-state index contributed by atoms with van der Waals surface area (Å²) in [5.74, 6) is 0.827. The van der Waals surface area contributed by atoms with E-state index in [2.05, 4.69) is 57.0 Å². The highest BCUT2D eigenvalue weighted by Crippen LogP contribution is 2.34. The average molecular weight is 793 g/mol. The van der Waals surface area contributed by atoms with Crippen LogP contribution in [0.1, 0.15) is 55.2 Å². The van der Waals surface area contributed by atoms with Crippen LogP contribution in [0.15, 0.2) is 66.7 Å². The minimum absolute atomic E-state index is 0.190. The molecule has 7 rings (SSSR count). The van der Waals surface area contributed by atoms with Crippen LogP contribution in [-0.2, 0) is 25.7 Å². The van der Waals surface area contributed by atoms with E-state index in [0.29, 0.717) is 65.2 Å². The third-order valence-corrected chi connectivity index (χ3v) is 12.1. The van der Waals surface area contributed by atoms with Gasteiger partial charge in [-0.1, -0.05) is 31.5 Å². The SMILES string of the molecule is CCCc1ccc2c(N)c(C(=O)NCCc3ccc(OCCc4ccc5c(N)c(C(=O)NCCc6ccc(N7CCNCC7)cc6)sc5n4)c(OC)c3)sc2n1. The third-order valence-electron chi connectivity index (χ3n) is 9.88. The van der Waals surface area contributed by atoms with E-state index in [1.165, 1.54) is 33.9 Å². The molecule has 12 nitrogen and oxygen atoms in total. The molecule has 0 saturated carbocycles. The van der Waals surface area contributed by atoms with Gasteiger partial charge >= 0.3 is 0 Å². The van der Waals surface area contributed by atoms with E-state index in [0.717, 1.165) is 82.8 Å². The van der Waals surface area contributed by atoms with Crippen LogP contribution in [0.2, 0.25) is 0 Å². The maximum absolute atomic E-state index is 13.1. The third kappa shape index (κ3) is 8.99. The van der Waals surface area contributed by atoms with Crippen molar-refractivity contribution in [2.45, 2.75) is 39.0 Å². The number of amides is 2. The molecule has 0 spiro atoms. The normalized spacial score (nSPS) is 12.9. The molecule has 56 heavy (non-hydrogen) atoms. The molecule has 5 heterocycles. The largest absolute Gasteiger partial charge is 0.493 e. The van der Waals surface area contributed by atoms with Gasteiger partial charge in [-0.25, -0.2) is 9.97 Å². The first-order valence-corrected chi connectivity index (χ1v) is 20.7. The number of nitrogens with zero attached hydrogens (tertiary/aromatic N) is 3. The number of hydrogen-bond donors (Lipinski definition) is 5. The molecule has 2 aromatic carbocycles. The number of nitrogens with two attached hydrogens (primary N) is 2. The number of nitrogen functional groups attached to an aromatic ring is 2. The van der Waals surface area contributed by atoms with Crippen LogP contribution in [0.3, 0.4) is 0 Å². The van der Waals surface area contributed by atoms with Crippen LogP contribution >= 0.6 is 22.7 Å². The molecule has 2 amide bonds. The second kappa shape index (κ2) is 18.0. The number of aromatic nitrogens is 2. The Balaban J connectivity index is 0.880. The summed E-state index contributed by atoms with van der Waals surface area (Å²) in [5.41, 5.74) is 18.9. The average Bonchev–Trinajstić information content (AvgIpc) is 3.73. The lowest BCUT2D eigenvalue weighted by Gasteiger charge is -2.29. The van der Waals surface area contributed by atoms with Crippen molar-refractivity contribution < 1.29 is 19.1 Å². The van der Waals surface area contributed by atoms with Gasteiger partial charge in [-0.3, -0.25) is 9.59 Å². The summed E-state index contributed by atoms with van der Waals surface area (Å²) in [5, 5.41) is 11.0.